The lowest BCUT2D eigenvalue weighted by atomic mass is 10.1. The van der Waals surface area contributed by atoms with Gasteiger partial charge in [0.05, 0.1) is 12.8 Å². The highest BCUT2D eigenvalue weighted by atomic mass is 16.5. The van der Waals surface area contributed by atoms with Crippen LogP contribution in [0.25, 0.3) is 0 Å². The Balaban J connectivity index is 1.49. The topological polar surface area (TPSA) is 67.9 Å². The van der Waals surface area contributed by atoms with Gasteiger partial charge in [-0.25, -0.2) is 0 Å². The number of anilines is 1. The number of amides is 2. The number of carbonyl (C=O) groups is 2. The molecule has 0 saturated heterocycles. The van der Waals surface area contributed by atoms with Crippen molar-refractivity contribution in [1.29, 1.82) is 0 Å². The number of nitrogens with zero attached hydrogens (tertiary/aromatic N) is 1. The van der Waals surface area contributed by atoms with Crippen LogP contribution >= 0.6 is 0 Å². The molecule has 1 aliphatic rings. The quantitative estimate of drug-likeness (QED) is 0.827. The molecule has 1 heterocycles. The van der Waals surface area contributed by atoms with Crippen molar-refractivity contribution >= 4 is 17.5 Å². The monoisotopic (exact) mass is 354 g/mol. The number of para-hydroxylation sites is 3. The summed E-state index contributed by atoms with van der Waals surface area (Å²) in [4.78, 5) is 25.8. The molecule has 0 saturated carbocycles. The van der Waals surface area contributed by atoms with Gasteiger partial charge in [0.1, 0.15) is 11.5 Å². The summed E-state index contributed by atoms with van der Waals surface area (Å²) in [7, 11) is 1.63. The average Bonchev–Trinajstić information content (AvgIpc) is 2.67. The number of methoxy groups -OCH3 is 1. The number of ether oxygens (including phenoxy) is 2. The highest BCUT2D eigenvalue weighted by molar-refractivity contribution is 5.98. The van der Waals surface area contributed by atoms with E-state index in [1.165, 1.54) is 0 Å². The van der Waals surface area contributed by atoms with Crippen LogP contribution in [0, 0.1) is 0 Å². The molecule has 0 fully saturated rings. The third-order valence-electron chi connectivity index (χ3n) is 4.28. The van der Waals surface area contributed by atoms with Gasteiger partial charge < -0.3 is 19.7 Å². The van der Waals surface area contributed by atoms with Crippen molar-refractivity contribution in [3.8, 4) is 11.5 Å². The molecule has 2 amide bonds. The Kier molecular flexibility index (Phi) is 5.73. The van der Waals surface area contributed by atoms with Crippen LogP contribution in [0.15, 0.2) is 48.5 Å². The number of carbonyl (C=O) groups excluding carboxylic acids is 2. The van der Waals surface area contributed by atoms with Crippen molar-refractivity contribution in [2.45, 2.75) is 12.8 Å². The maximum absolute atomic E-state index is 12.1. The molecule has 1 aliphatic heterocycles. The Bertz CT molecular complexity index is 791. The van der Waals surface area contributed by atoms with Crippen molar-refractivity contribution in [3.05, 3.63) is 54.1 Å². The second-order valence-corrected chi connectivity index (χ2v) is 5.96. The van der Waals surface area contributed by atoms with Gasteiger partial charge in [0.15, 0.2) is 6.61 Å². The Morgan fingerprint density at radius 3 is 2.81 bits per heavy atom. The highest BCUT2D eigenvalue weighted by Crippen LogP contribution is 2.31. The van der Waals surface area contributed by atoms with E-state index in [9.17, 15) is 9.59 Å². The van der Waals surface area contributed by atoms with E-state index < -0.39 is 0 Å². The largest absolute Gasteiger partial charge is 0.496 e. The van der Waals surface area contributed by atoms with Crippen molar-refractivity contribution in [2.75, 3.05) is 31.7 Å². The third kappa shape index (κ3) is 4.14. The highest BCUT2D eigenvalue weighted by Gasteiger charge is 2.25. The zero-order chi connectivity index (χ0) is 18.4. The first-order valence-electron chi connectivity index (χ1n) is 8.60. The summed E-state index contributed by atoms with van der Waals surface area (Å²) in [5.41, 5.74) is 1.76. The summed E-state index contributed by atoms with van der Waals surface area (Å²) in [6.07, 6.45) is 0.932. The third-order valence-corrected chi connectivity index (χ3v) is 4.28. The van der Waals surface area contributed by atoms with Crippen molar-refractivity contribution in [3.63, 3.8) is 0 Å². The Hall–Kier alpha value is -3.02. The lowest BCUT2D eigenvalue weighted by Gasteiger charge is -2.29. The SMILES string of the molecule is COc1ccccc1CCNC(=O)CCN1C(=O)COc2ccccc21. The van der Waals surface area contributed by atoms with Crippen molar-refractivity contribution in [2.24, 2.45) is 0 Å². The minimum atomic E-state index is -0.134. The minimum Gasteiger partial charge on any atom is -0.496 e. The average molecular weight is 354 g/mol. The lowest BCUT2D eigenvalue weighted by molar-refractivity contribution is -0.122. The number of nitrogens with one attached hydrogen (secondary N) is 1. The normalized spacial score (nSPS) is 13.0. The zero-order valence-corrected chi connectivity index (χ0v) is 14.7. The molecular formula is C20H22N2O4. The molecule has 2 aromatic carbocycles. The molecule has 0 radical (unpaired) electrons. The van der Waals surface area contributed by atoms with Crippen molar-refractivity contribution in [1.82, 2.24) is 5.32 Å². The van der Waals surface area contributed by atoms with Gasteiger partial charge in [-0.15, -0.1) is 0 Å². The van der Waals surface area contributed by atoms with E-state index in [1.54, 1.807) is 12.0 Å². The lowest BCUT2D eigenvalue weighted by Crippen LogP contribution is -2.41. The van der Waals surface area contributed by atoms with E-state index in [4.69, 9.17) is 9.47 Å². The number of hydrogen-bond donors (Lipinski definition) is 1. The van der Waals surface area contributed by atoms with Gasteiger partial charge in [-0.05, 0) is 30.2 Å². The number of hydrogen-bond acceptors (Lipinski definition) is 4. The minimum absolute atomic E-state index is 0.00638. The number of benzene rings is 2. The van der Waals surface area contributed by atoms with Crippen LogP contribution in [0.5, 0.6) is 11.5 Å². The van der Waals surface area contributed by atoms with Gasteiger partial charge in [-0.2, -0.15) is 0 Å². The van der Waals surface area contributed by atoms with Gasteiger partial charge in [-0.3, -0.25) is 9.59 Å². The molecular weight excluding hydrogens is 332 g/mol. The van der Waals surface area contributed by atoms with E-state index >= 15 is 0 Å². The molecule has 3 rings (SSSR count). The molecule has 0 atom stereocenters. The maximum atomic E-state index is 12.1. The van der Waals surface area contributed by atoms with E-state index in [-0.39, 0.29) is 24.8 Å². The first kappa shape index (κ1) is 17.8. The van der Waals surface area contributed by atoms with E-state index in [0.717, 1.165) is 11.3 Å². The van der Waals surface area contributed by atoms with E-state index in [1.807, 2.05) is 48.5 Å². The molecule has 26 heavy (non-hydrogen) atoms. The molecule has 1 N–H and O–H groups in total. The fourth-order valence-corrected chi connectivity index (χ4v) is 2.95. The van der Waals surface area contributed by atoms with E-state index in [2.05, 4.69) is 5.32 Å². The number of fused-ring (bicyclic) bond motifs is 1. The van der Waals surface area contributed by atoms with Gasteiger partial charge in [0, 0.05) is 19.5 Å². The molecule has 0 bridgehead atoms. The molecule has 0 aromatic heterocycles. The smallest absolute Gasteiger partial charge is 0.265 e. The first-order chi connectivity index (χ1) is 12.7. The fourth-order valence-electron chi connectivity index (χ4n) is 2.95. The van der Waals surface area contributed by atoms with Crippen LogP contribution in [-0.2, 0) is 16.0 Å². The molecule has 6 nitrogen and oxygen atoms in total. The zero-order valence-electron chi connectivity index (χ0n) is 14.7. The van der Waals surface area contributed by atoms with Crippen LogP contribution < -0.4 is 19.7 Å². The molecule has 6 heteroatoms. The maximum Gasteiger partial charge on any atom is 0.265 e. The predicted molar refractivity (Wildman–Crippen MR) is 98.6 cm³/mol. The summed E-state index contributed by atoms with van der Waals surface area (Å²) in [5.74, 6) is 1.27. The summed E-state index contributed by atoms with van der Waals surface area (Å²) in [6.45, 7) is 0.860. The Morgan fingerprint density at radius 2 is 1.96 bits per heavy atom. The second kappa shape index (κ2) is 8.38. The van der Waals surface area contributed by atoms with Crippen molar-refractivity contribution < 1.29 is 19.1 Å². The number of rotatable bonds is 7. The van der Waals surface area contributed by atoms with Crippen LogP contribution in [-0.4, -0.2) is 38.6 Å². The summed E-state index contributed by atoms with van der Waals surface area (Å²) < 4.78 is 10.7. The van der Waals surface area contributed by atoms with Gasteiger partial charge >= 0.3 is 0 Å². The molecule has 0 unspecified atom stereocenters. The fraction of sp³-hybridized carbons (Fsp3) is 0.300. The van der Waals surface area contributed by atoms with E-state index in [0.29, 0.717) is 30.9 Å². The van der Waals surface area contributed by atoms with Crippen LogP contribution in [0.1, 0.15) is 12.0 Å². The van der Waals surface area contributed by atoms with Gasteiger partial charge in [0.25, 0.3) is 5.91 Å². The second-order valence-electron chi connectivity index (χ2n) is 5.96. The van der Waals surface area contributed by atoms with Gasteiger partial charge in [-0.1, -0.05) is 30.3 Å². The first-order valence-corrected chi connectivity index (χ1v) is 8.60. The standard InChI is InChI=1S/C20H22N2O4/c1-25-17-8-4-2-6-15(17)10-12-21-19(23)11-13-22-16-7-3-5-9-18(16)26-14-20(22)24/h2-9H,10-14H2,1H3,(H,21,23). The molecule has 136 valence electrons. The molecule has 0 spiro atoms. The summed E-state index contributed by atoms with van der Waals surface area (Å²) in [6, 6.07) is 15.1. The van der Waals surface area contributed by atoms with Gasteiger partial charge in [0.2, 0.25) is 5.91 Å². The molecule has 2 aromatic rings. The van der Waals surface area contributed by atoms with Crippen LogP contribution in [0.4, 0.5) is 5.69 Å². The molecule has 0 aliphatic carbocycles. The summed E-state index contributed by atoms with van der Waals surface area (Å²) >= 11 is 0. The summed E-state index contributed by atoms with van der Waals surface area (Å²) in [5, 5.41) is 2.90. The Morgan fingerprint density at radius 1 is 1.19 bits per heavy atom. The Labute approximate surface area is 152 Å². The van der Waals surface area contributed by atoms with Crippen LogP contribution in [0.2, 0.25) is 0 Å². The predicted octanol–water partition coefficient (Wildman–Crippen LogP) is 2.17. The van der Waals surface area contributed by atoms with Crippen LogP contribution in [0.3, 0.4) is 0 Å².